The zero-order chi connectivity index (χ0) is 16.8. The second kappa shape index (κ2) is 5.51. The first-order valence-electron chi connectivity index (χ1n) is 8.13. The number of rotatable bonds is 2. The number of nitrogens with one attached hydrogen (secondary N) is 1. The number of aryl methyl sites for hydroxylation is 2. The van der Waals surface area contributed by atoms with Crippen molar-refractivity contribution in [1.82, 2.24) is 14.7 Å². The van der Waals surface area contributed by atoms with Gasteiger partial charge in [-0.05, 0) is 25.0 Å². The Hall–Kier alpha value is -2.57. The van der Waals surface area contributed by atoms with E-state index in [1.165, 1.54) is 6.07 Å². The summed E-state index contributed by atoms with van der Waals surface area (Å²) in [4.78, 5) is 16.3. The zero-order valence-corrected chi connectivity index (χ0v) is 13.8. The third-order valence-corrected chi connectivity index (χ3v) is 4.84. The van der Waals surface area contributed by atoms with Crippen molar-refractivity contribution in [2.45, 2.75) is 25.9 Å². The van der Waals surface area contributed by atoms with Crippen LogP contribution in [0.5, 0.6) is 0 Å². The van der Waals surface area contributed by atoms with Gasteiger partial charge in [0.1, 0.15) is 5.82 Å². The van der Waals surface area contributed by atoms with Crippen LogP contribution >= 0.6 is 0 Å². The number of para-hydroxylation sites is 1. The molecule has 1 aromatic heterocycles. The van der Waals surface area contributed by atoms with Crippen molar-refractivity contribution in [3.63, 3.8) is 0 Å². The molecular weight excluding hydrogens is 309 g/mol. The molecule has 6 nitrogen and oxygen atoms in total. The molecule has 1 atom stereocenters. The minimum Gasteiger partial charge on any atom is -0.367 e. The van der Waals surface area contributed by atoms with Crippen molar-refractivity contribution in [3.8, 4) is 0 Å². The molecule has 0 aliphatic carbocycles. The highest BCUT2D eigenvalue weighted by Crippen LogP contribution is 2.31. The van der Waals surface area contributed by atoms with Crippen LogP contribution in [0, 0.1) is 12.7 Å². The molecule has 1 aromatic carbocycles. The fourth-order valence-corrected chi connectivity index (χ4v) is 3.70. The highest BCUT2D eigenvalue weighted by Gasteiger charge is 2.35. The van der Waals surface area contributed by atoms with E-state index in [9.17, 15) is 9.18 Å². The number of amides is 2. The van der Waals surface area contributed by atoms with Crippen LogP contribution < -0.4 is 10.2 Å². The summed E-state index contributed by atoms with van der Waals surface area (Å²) >= 11 is 0. The van der Waals surface area contributed by atoms with Gasteiger partial charge in [-0.25, -0.2) is 9.18 Å². The van der Waals surface area contributed by atoms with Crippen molar-refractivity contribution in [3.05, 3.63) is 41.3 Å². The first-order chi connectivity index (χ1) is 11.5. The van der Waals surface area contributed by atoms with Crippen molar-refractivity contribution in [2.24, 2.45) is 7.05 Å². The first kappa shape index (κ1) is 15.0. The molecule has 3 heterocycles. The number of carbonyl (C=O) groups excluding carboxylic acids is 1. The Labute approximate surface area is 139 Å². The predicted octanol–water partition coefficient (Wildman–Crippen LogP) is 2.49. The number of fused-ring (bicyclic) bond motifs is 1. The van der Waals surface area contributed by atoms with Gasteiger partial charge in [-0.2, -0.15) is 5.10 Å². The van der Waals surface area contributed by atoms with E-state index in [1.54, 1.807) is 10.7 Å². The smallest absolute Gasteiger partial charge is 0.323 e. The Morgan fingerprint density at radius 1 is 1.38 bits per heavy atom. The Balaban J connectivity index is 1.54. The zero-order valence-electron chi connectivity index (χ0n) is 13.8. The number of benzene rings is 1. The number of nitrogens with zero attached hydrogens (tertiary/aromatic N) is 4. The van der Waals surface area contributed by atoms with Crippen LogP contribution in [0.15, 0.2) is 24.4 Å². The quantitative estimate of drug-likeness (QED) is 0.921. The van der Waals surface area contributed by atoms with E-state index in [2.05, 4.69) is 10.4 Å². The Morgan fingerprint density at radius 2 is 2.21 bits per heavy atom. The number of carbonyl (C=O) groups is 1. The van der Waals surface area contributed by atoms with Crippen LogP contribution in [0.2, 0.25) is 0 Å². The van der Waals surface area contributed by atoms with E-state index >= 15 is 0 Å². The third-order valence-electron chi connectivity index (χ3n) is 4.84. The Kier molecular flexibility index (Phi) is 3.44. The molecule has 0 radical (unpaired) electrons. The first-order valence-corrected chi connectivity index (χ1v) is 8.13. The molecule has 1 fully saturated rings. The van der Waals surface area contributed by atoms with Gasteiger partial charge in [0.25, 0.3) is 0 Å². The maximum atomic E-state index is 14.2. The molecule has 126 valence electrons. The van der Waals surface area contributed by atoms with Crippen LogP contribution in [0.4, 0.5) is 20.7 Å². The summed E-state index contributed by atoms with van der Waals surface area (Å²) in [5.74, 6) is 0.437. The van der Waals surface area contributed by atoms with E-state index in [-0.39, 0.29) is 17.9 Å². The summed E-state index contributed by atoms with van der Waals surface area (Å²) in [6.07, 6.45) is 2.76. The molecule has 7 heteroatoms. The molecular formula is C17H20FN5O. The van der Waals surface area contributed by atoms with E-state index in [0.717, 1.165) is 24.1 Å². The SMILES string of the molecule is Cc1cccc(F)c1N1CC[C@@H](N2Cc3cn(C)nc3NC2=O)C1. The molecule has 1 N–H and O–H groups in total. The summed E-state index contributed by atoms with van der Waals surface area (Å²) in [5.41, 5.74) is 2.59. The van der Waals surface area contributed by atoms with Crippen LogP contribution in [0.3, 0.4) is 0 Å². The summed E-state index contributed by atoms with van der Waals surface area (Å²) in [5, 5.41) is 7.09. The number of anilines is 2. The molecule has 0 spiro atoms. The number of hydrogen-bond acceptors (Lipinski definition) is 3. The lowest BCUT2D eigenvalue weighted by Gasteiger charge is -2.32. The van der Waals surface area contributed by atoms with Gasteiger partial charge in [0.2, 0.25) is 0 Å². The lowest BCUT2D eigenvalue weighted by Crippen LogP contribution is -2.46. The van der Waals surface area contributed by atoms with Crippen molar-refractivity contribution < 1.29 is 9.18 Å². The van der Waals surface area contributed by atoms with Gasteiger partial charge in [0.05, 0.1) is 18.3 Å². The van der Waals surface area contributed by atoms with Gasteiger partial charge >= 0.3 is 6.03 Å². The molecule has 0 saturated carbocycles. The number of hydrogen-bond donors (Lipinski definition) is 1. The van der Waals surface area contributed by atoms with Gasteiger partial charge in [0, 0.05) is 31.9 Å². The molecule has 2 aromatic rings. The maximum Gasteiger partial charge on any atom is 0.323 e. The second-order valence-electron chi connectivity index (χ2n) is 6.53. The largest absolute Gasteiger partial charge is 0.367 e. The van der Waals surface area contributed by atoms with E-state index in [0.29, 0.717) is 24.6 Å². The number of urea groups is 1. The fourth-order valence-electron chi connectivity index (χ4n) is 3.70. The average molecular weight is 329 g/mol. The van der Waals surface area contributed by atoms with Crippen molar-refractivity contribution in [2.75, 3.05) is 23.3 Å². The lowest BCUT2D eigenvalue weighted by atomic mass is 10.1. The molecule has 1 saturated heterocycles. The molecule has 2 aliphatic heterocycles. The number of halogens is 1. The van der Waals surface area contributed by atoms with Gasteiger partial charge in [-0.15, -0.1) is 0 Å². The van der Waals surface area contributed by atoms with E-state index in [1.807, 2.05) is 36.0 Å². The van der Waals surface area contributed by atoms with E-state index < -0.39 is 0 Å². The predicted molar refractivity (Wildman–Crippen MR) is 89.5 cm³/mol. The molecule has 2 aliphatic rings. The van der Waals surface area contributed by atoms with Crippen molar-refractivity contribution >= 4 is 17.5 Å². The summed E-state index contributed by atoms with van der Waals surface area (Å²) < 4.78 is 15.9. The standard InChI is InChI=1S/C17H20FN5O/c1-11-4-3-5-14(18)15(11)22-7-6-13(10-22)23-9-12-8-21(2)20-16(12)19-17(23)24/h3-5,8,13H,6-7,9-10H2,1-2H3,(H,19,20,24)/t13-/m1/s1. The second-order valence-corrected chi connectivity index (χ2v) is 6.53. The molecule has 24 heavy (non-hydrogen) atoms. The topological polar surface area (TPSA) is 53.4 Å². The van der Waals surface area contributed by atoms with Crippen LogP contribution in [-0.4, -0.2) is 39.8 Å². The lowest BCUT2D eigenvalue weighted by molar-refractivity contribution is 0.186. The van der Waals surface area contributed by atoms with Crippen molar-refractivity contribution in [1.29, 1.82) is 0 Å². The minimum absolute atomic E-state index is 0.0670. The fraction of sp³-hybridized carbons (Fsp3) is 0.412. The molecule has 4 rings (SSSR count). The molecule has 0 unspecified atom stereocenters. The van der Waals surface area contributed by atoms with Gasteiger partial charge in [0.15, 0.2) is 5.82 Å². The Bertz CT molecular complexity index is 782. The Morgan fingerprint density at radius 3 is 3.00 bits per heavy atom. The summed E-state index contributed by atoms with van der Waals surface area (Å²) in [6.45, 7) is 3.85. The average Bonchev–Trinajstić information content (AvgIpc) is 3.12. The van der Waals surface area contributed by atoms with Crippen LogP contribution in [0.25, 0.3) is 0 Å². The van der Waals surface area contributed by atoms with Gasteiger partial charge in [-0.1, -0.05) is 12.1 Å². The third kappa shape index (κ3) is 2.40. The number of aromatic nitrogens is 2. The van der Waals surface area contributed by atoms with Crippen LogP contribution in [0.1, 0.15) is 17.5 Å². The minimum atomic E-state index is -0.201. The molecule has 0 bridgehead atoms. The molecule has 2 amide bonds. The summed E-state index contributed by atoms with van der Waals surface area (Å²) in [6, 6.07) is 5.08. The normalized spacial score (nSPS) is 20.3. The highest BCUT2D eigenvalue weighted by atomic mass is 19.1. The maximum absolute atomic E-state index is 14.2. The highest BCUT2D eigenvalue weighted by molar-refractivity contribution is 5.91. The monoisotopic (exact) mass is 329 g/mol. The van der Waals surface area contributed by atoms with Gasteiger partial charge < -0.3 is 9.80 Å². The summed E-state index contributed by atoms with van der Waals surface area (Å²) in [7, 11) is 1.84. The van der Waals surface area contributed by atoms with Gasteiger partial charge in [-0.3, -0.25) is 10.00 Å². The van der Waals surface area contributed by atoms with E-state index in [4.69, 9.17) is 0 Å². The van der Waals surface area contributed by atoms with Crippen LogP contribution in [-0.2, 0) is 13.6 Å².